The number of aryl methyl sites for hydroxylation is 2. The van der Waals surface area contributed by atoms with Gasteiger partial charge < -0.3 is 19.9 Å². The summed E-state index contributed by atoms with van der Waals surface area (Å²) in [5.74, 6) is 0.196. The topological polar surface area (TPSA) is 85.2 Å². The Labute approximate surface area is 172 Å². The van der Waals surface area contributed by atoms with Crippen LogP contribution in [0.1, 0.15) is 29.4 Å². The predicted octanol–water partition coefficient (Wildman–Crippen LogP) is 2.73. The van der Waals surface area contributed by atoms with E-state index in [4.69, 9.17) is 4.74 Å². The number of carbonyl (C=O) groups excluding carboxylic acids is 2. The fourth-order valence-electron chi connectivity index (χ4n) is 3.45. The molecule has 1 aliphatic heterocycles. The maximum absolute atomic E-state index is 14.4. The molecule has 30 heavy (non-hydrogen) atoms. The second kappa shape index (κ2) is 8.36. The van der Waals surface area contributed by atoms with Crippen molar-refractivity contribution < 1.29 is 18.7 Å². The number of imidazole rings is 1. The third-order valence-corrected chi connectivity index (χ3v) is 4.98. The number of rotatable bonds is 6. The molecule has 1 aromatic heterocycles. The normalized spacial score (nSPS) is 13.9. The highest BCUT2D eigenvalue weighted by Gasteiger charge is 2.24. The van der Waals surface area contributed by atoms with E-state index in [0.29, 0.717) is 30.0 Å². The summed E-state index contributed by atoms with van der Waals surface area (Å²) < 4.78 is 21.8. The molecular weight excluding hydrogens is 387 g/mol. The molecule has 0 saturated carbocycles. The van der Waals surface area contributed by atoms with Crippen LogP contribution in [0.4, 0.5) is 10.1 Å². The van der Waals surface area contributed by atoms with Crippen molar-refractivity contribution in [2.24, 2.45) is 7.05 Å². The quantitative estimate of drug-likeness (QED) is 0.657. The maximum atomic E-state index is 14.4. The number of amides is 2. The number of nitrogens with zero attached hydrogens (tertiary/aromatic N) is 2. The van der Waals surface area contributed by atoms with Crippen LogP contribution >= 0.6 is 0 Å². The van der Waals surface area contributed by atoms with Crippen molar-refractivity contribution in [3.05, 3.63) is 77.6 Å². The average Bonchev–Trinajstić information content (AvgIpc) is 3.16. The number of fused-ring (bicyclic) bond motifs is 1. The van der Waals surface area contributed by atoms with Crippen LogP contribution in [0.3, 0.4) is 0 Å². The Morgan fingerprint density at radius 2 is 2.13 bits per heavy atom. The minimum absolute atomic E-state index is 0.0102. The fraction of sp³-hybridized carbons (Fsp3) is 0.227. The van der Waals surface area contributed by atoms with Gasteiger partial charge in [0.05, 0.1) is 0 Å². The van der Waals surface area contributed by atoms with Crippen molar-refractivity contribution in [1.29, 1.82) is 0 Å². The molecule has 4 rings (SSSR count). The second-order valence-electron chi connectivity index (χ2n) is 7.07. The van der Waals surface area contributed by atoms with E-state index in [-0.39, 0.29) is 12.5 Å². The van der Waals surface area contributed by atoms with E-state index >= 15 is 0 Å². The second-order valence-corrected chi connectivity index (χ2v) is 7.07. The molecule has 3 aromatic rings. The number of anilines is 1. The van der Waals surface area contributed by atoms with Crippen LogP contribution in [0, 0.1) is 5.82 Å². The molecule has 2 N–H and O–H groups in total. The van der Waals surface area contributed by atoms with Gasteiger partial charge in [-0.05, 0) is 36.2 Å². The zero-order valence-electron chi connectivity index (χ0n) is 16.4. The number of benzene rings is 2. The highest BCUT2D eigenvalue weighted by molar-refractivity contribution is 5.94. The lowest BCUT2D eigenvalue weighted by molar-refractivity contribution is -0.123. The number of nitrogens with one attached hydrogen (secondary N) is 2. The summed E-state index contributed by atoms with van der Waals surface area (Å²) in [6, 6.07) is 10.8. The van der Waals surface area contributed by atoms with Gasteiger partial charge in [-0.15, -0.1) is 0 Å². The summed E-state index contributed by atoms with van der Waals surface area (Å²) in [5, 5.41) is 5.62. The molecule has 0 aliphatic carbocycles. The first-order valence-corrected chi connectivity index (χ1v) is 9.58. The van der Waals surface area contributed by atoms with E-state index in [1.54, 1.807) is 54.3 Å². The van der Waals surface area contributed by atoms with Crippen LogP contribution in [0.2, 0.25) is 0 Å². The summed E-state index contributed by atoms with van der Waals surface area (Å²) in [5.41, 5.74) is 2.05. The van der Waals surface area contributed by atoms with E-state index in [0.717, 1.165) is 11.3 Å². The maximum Gasteiger partial charge on any atom is 0.258 e. The lowest BCUT2D eigenvalue weighted by Crippen LogP contribution is -2.35. The van der Waals surface area contributed by atoms with Gasteiger partial charge in [0.25, 0.3) is 5.91 Å². The van der Waals surface area contributed by atoms with Crippen LogP contribution < -0.4 is 15.4 Å². The lowest BCUT2D eigenvalue weighted by atomic mass is 10.0. The Bertz CT molecular complexity index is 1100. The van der Waals surface area contributed by atoms with Crippen molar-refractivity contribution in [2.45, 2.75) is 18.9 Å². The van der Waals surface area contributed by atoms with Crippen LogP contribution in [0.25, 0.3) is 0 Å². The molecule has 1 unspecified atom stereocenters. The molecule has 2 aromatic carbocycles. The number of carbonyl (C=O) groups is 2. The Balaban J connectivity index is 1.47. The van der Waals surface area contributed by atoms with E-state index < -0.39 is 17.8 Å². The smallest absolute Gasteiger partial charge is 0.258 e. The third-order valence-electron chi connectivity index (χ3n) is 4.98. The largest absolute Gasteiger partial charge is 0.484 e. The monoisotopic (exact) mass is 408 g/mol. The lowest BCUT2D eigenvalue weighted by Gasteiger charge is -2.20. The minimum Gasteiger partial charge on any atom is -0.484 e. The molecule has 0 radical (unpaired) electrons. The predicted molar refractivity (Wildman–Crippen MR) is 108 cm³/mol. The van der Waals surface area contributed by atoms with Gasteiger partial charge >= 0.3 is 0 Å². The van der Waals surface area contributed by atoms with Crippen molar-refractivity contribution in [3.8, 4) is 5.75 Å². The Morgan fingerprint density at radius 1 is 1.30 bits per heavy atom. The van der Waals surface area contributed by atoms with Crippen molar-refractivity contribution >= 4 is 17.5 Å². The van der Waals surface area contributed by atoms with E-state index in [9.17, 15) is 14.0 Å². The summed E-state index contributed by atoms with van der Waals surface area (Å²) in [6.45, 7) is -0.236. The van der Waals surface area contributed by atoms with E-state index in [1.165, 1.54) is 6.07 Å². The zero-order valence-corrected chi connectivity index (χ0v) is 16.4. The Hall–Kier alpha value is -3.68. The first-order chi connectivity index (χ1) is 14.5. The molecule has 7 nitrogen and oxygen atoms in total. The number of hydrogen-bond acceptors (Lipinski definition) is 4. The molecule has 0 fully saturated rings. The summed E-state index contributed by atoms with van der Waals surface area (Å²) in [7, 11) is 1.78. The first kappa shape index (κ1) is 19.6. The van der Waals surface area contributed by atoms with Crippen molar-refractivity contribution in [2.75, 3.05) is 11.9 Å². The van der Waals surface area contributed by atoms with E-state index in [1.807, 2.05) is 6.07 Å². The van der Waals surface area contributed by atoms with Gasteiger partial charge in [-0.25, -0.2) is 9.37 Å². The van der Waals surface area contributed by atoms with Gasteiger partial charge in [0.15, 0.2) is 6.61 Å². The molecule has 0 saturated heterocycles. The van der Waals surface area contributed by atoms with Gasteiger partial charge in [0, 0.05) is 37.1 Å². The highest BCUT2D eigenvalue weighted by Crippen LogP contribution is 2.27. The van der Waals surface area contributed by atoms with Gasteiger partial charge in [0.2, 0.25) is 5.91 Å². The molecule has 2 amide bonds. The first-order valence-electron chi connectivity index (χ1n) is 9.58. The minimum atomic E-state index is -0.749. The fourth-order valence-corrected chi connectivity index (χ4v) is 3.45. The Kier molecular flexibility index (Phi) is 5.47. The zero-order chi connectivity index (χ0) is 21.1. The third kappa shape index (κ3) is 4.17. The van der Waals surface area contributed by atoms with Crippen LogP contribution in [-0.4, -0.2) is 28.0 Å². The van der Waals surface area contributed by atoms with Gasteiger partial charge in [-0.3, -0.25) is 9.59 Å². The molecule has 2 heterocycles. The number of halogens is 1. The summed E-state index contributed by atoms with van der Waals surface area (Å²) in [6.07, 6.45) is 4.37. The summed E-state index contributed by atoms with van der Waals surface area (Å²) >= 11 is 0. The number of hydrogen-bond donors (Lipinski definition) is 2. The highest BCUT2D eigenvalue weighted by atomic mass is 19.1. The molecule has 154 valence electrons. The summed E-state index contributed by atoms with van der Waals surface area (Å²) in [4.78, 5) is 28.3. The van der Waals surface area contributed by atoms with Crippen molar-refractivity contribution in [1.82, 2.24) is 14.9 Å². The Morgan fingerprint density at radius 3 is 2.90 bits per heavy atom. The molecule has 8 heteroatoms. The molecular formula is C22H21FN4O3. The van der Waals surface area contributed by atoms with Gasteiger partial charge in [-0.1, -0.05) is 18.2 Å². The molecule has 1 aliphatic rings. The molecule has 0 spiro atoms. The standard InChI is InChI=1S/C22H21FN4O3/c1-27-11-10-24-22(27)21(16-4-2-3-5-17(16)23)26-20(29)13-30-15-7-8-18-14(12-15)6-9-19(28)25-18/h2-5,7-8,10-12,21H,6,9,13H2,1H3,(H,25,28)(H,26,29). The molecule has 0 bridgehead atoms. The SMILES string of the molecule is Cn1ccnc1C(NC(=O)COc1ccc2c(c1)CCC(=O)N2)c1ccccc1F. The van der Waals surface area contributed by atoms with Gasteiger partial charge in [0.1, 0.15) is 23.4 Å². The van der Waals surface area contributed by atoms with Crippen LogP contribution in [0.15, 0.2) is 54.9 Å². The number of ether oxygens (including phenoxy) is 1. The van der Waals surface area contributed by atoms with Crippen LogP contribution in [-0.2, 0) is 23.1 Å². The van der Waals surface area contributed by atoms with Crippen molar-refractivity contribution in [3.63, 3.8) is 0 Å². The van der Waals surface area contributed by atoms with Gasteiger partial charge in [-0.2, -0.15) is 0 Å². The number of aromatic nitrogens is 2. The van der Waals surface area contributed by atoms with E-state index in [2.05, 4.69) is 15.6 Å². The average molecular weight is 408 g/mol. The van der Waals surface area contributed by atoms with Crippen LogP contribution in [0.5, 0.6) is 5.75 Å². The molecule has 1 atom stereocenters.